The number of hydrogen-bond donors (Lipinski definition) is 2. The van der Waals surface area contributed by atoms with Gasteiger partial charge in [-0.3, -0.25) is 38.9 Å². The third kappa shape index (κ3) is 12.6. The SMILES string of the molecule is NC(=O)c1cc(N2CC3CC(C(=O)N4N=CCC4c4cncc(F)c4)CC3C2)ncn1.NC(=O)c1cc(N2CC3CC(C(=O)N4N=CCC4c4cncc(F)c4)CC3C2)ncn1.[C-]#[N+]c1cc(N2CC3CC(C(=O)N4N=CCC4c4cncc(F)c4)CC3C2)ncn1. The van der Waals surface area contributed by atoms with E-state index in [1.807, 2.05) is 0 Å². The second-order valence-electron chi connectivity index (χ2n) is 24.9. The van der Waals surface area contributed by atoms with Crippen LogP contribution in [0.1, 0.15) is 114 Å². The van der Waals surface area contributed by atoms with Crippen molar-refractivity contribution in [2.75, 3.05) is 54.0 Å². The summed E-state index contributed by atoms with van der Waals surface area (Å²) in [5.74, 6) is 2.03. The van der Waals surface area contributed by atoms with Crippen molar-refractivity contribution in [1.82, 2.24) is 59.9 Å². The molecule has 6 aromatic rings. The van der Waals surface area contributed by atoms with E-state index in [2.05, 4.69) is 79.7 Å². The average Bonchev–Trinajstić information content (AvgIpc) is 1.71. The van der Waals surface area contributed by atoms with Crippen LogP contribution < -0.4 is 26.2 Å². The zero-order chi connectivity index (χ0) is 63.7. The van der Waals surface area contributed by atoms with Crippen molar-refractivity contribution in [2.24, 2.45) is 80.0 Å². The van der Waals surface area contributed by atoms with E-state index in [4.69, 9.17) is 18.0 Å². The second-order valence-corrected chi connectivity index (χ2v) is 24.9. The van der Waals surface area contributed by atoms with Crippen LogP contribution in [0.3, 0.4) is 0 Å². The zero-order valence-electron chi connectivity index (χ0n) is 49.8. The van der Waals surface area contributed by atoms with Gasteiger partial charge in [0, 0.05) is 132 Å². The Kier molecular flexibility index (Phi) is 17.1. The summed E-state index contributed by atoms with van der Waals surface area (Å²) in [5, 5.41) is 17.4. The molecule has 4 N–H and O–H groups in total. The Hall–Kier alpha value is -10.3. The van der Waals surface area contributed by atoms with Crippen LogP contribution in [0.25, 0.3) is 4.85 Å². The fraction of sp³-hybridized carbons (Fsp3) is 0.429. The zero-order valence-corrected chi connectivity index (χ0v) is 49.8. The van der Waals surface area contributed by atoms with Crippen LogP contribution in [0.4, 0.5) is 36.4 Å². The minimum atomic E-state index is -0.581. The first-order valence-electron chi connectivity index (χ1n) is 30.7. The molecular formula is C63H64F3N21O5. The van der Waals surface area contributed by atoms with Gasteiger partial charge in [-0.15, -0.1) is 4.98 Å². The van der Waals surface area contributed by atoms with Crippen LogP contribution in [-0.2, 0) is 14.4 Å². The van der Waals surface area contributed by atoms with Crippen molar-refractivity contribution in [1.29, 1.82) is 0 Å². The quantitative estimate of drug-likeness (QED) is 0.140. The van der Waals surface area contributed by atoms with Gasteiger partial charge >= 0.3 is 0 Å². The highest BCUT2D eigenvalue weighted by Gasteiger charge is 2.49. The normalized spacial score (nSPS) is 27.1. The van der Waals surface area contributed by atoms with Gasteiger partial charge in [-0.05, 0) is 109 Å². The van der Waals surface area contributed by atoms with Crippen LogP contribution in [0.15, 0.2) is 108 Å². The second kappa shape index (κ2) is 25.9. The molecule has 9 unspecified atom stereocenters. The maximum atomic E-state index is 13.6. The van der Waals surface area contributed by atoms with Crippen molar-refractivity contribution in [3.05, 3.63) is 150 Å². The Morgan fingerprint density at radius 3 is 1.02 bits per heavy atom. The van der Waals surface area contributed by atoms with Crippen molar-refractivity contribution < 1.29 is 37.1 Å². The van der Waals surface area contributed by atoms with E-state index in [0.717, 1.165) is 102 Å². The van der Waals surface area contributed by atoms with Gasteiger partial charge in [0.25, 0.3) is 17.6 Å². The largest absolute Gasteiger partial charge is 0.364 e. The number of aromatic nitrogens is 9. The van der Waals surface area contributed by atoms with Gasteiger partial charge in [-0.2, -0.15) is 20.3 Å². The summed E-state index contributed by atoms with van der Waals surface area (Å²) in [6.45, 7) is 11.8. The molecule has 3 aliphatic carbocycles. The van der Waals surface area contributed by atoms with E-state index in [1.165, 1.54) is 52.2 Å². The first-order chi connectivity index (χ1) is 44.6. The Bertz CT molecular complexity index is 3760. The molecule has 15 rings (SSSR count). The minimum Gasteiger partial charge on any atom is -0.364 e. The van der Waals surface area contributed by atoms with E-state index < -0.39 is 29.3 Å². The average molecular weight is 1250 g/mol. The first-order valence-corrected chi connectivity index (χ1v) is 30.7. The molecule has 0 spiro atoms. The number of amides is 5. The third-order valence-electron chi connectivity index (χ3n) is 19.3. The number of carbonyl (C=O) groups excluding carboxylic acids is 5. The molecule has 0 bridgehead atoms. The van der Waals surface area contributed by atoms with Crippen LogP contribution >= 0.6 is 0 Å². The Balaban J connectivity index is 0.000000126. The van der Waals surface area contributed by atoms with Gasteiger partial charge in [-0.1, -0.05) is 6.57 Å². The molecule has 12 heterocycles. The number of pyridine rings is 3. The molecule has 3 saturated carbocycles. The first kappa shape index (κ1) is 60.6. The number of hydrogen-bond acceptors (Lipinski definition) is 20. The predicted octanol–water partition coefficient (Wildman–Crippen LogP) is 6.05. The highest BCUT2D eigenvalue weighted by atomic mass is 19.1. The molecule has 92 heavy (non-hydrogen) atoms. The number of anilines is 3. The predicted molar refractivity (Wildman–Crippen MR) is 326 cm³/mol. The lowest BCUT2D eigenvalue weighted by Gasteiger charge is -2.26. The highest BCUT2D eigenvalue weighted by molar-refractivity contribution is 5.92. The van der Waals surface area contributed by atoms with Gasteiger partial charge in [-0.25, -0.2) is 48.1 Å². The van der Waals surface area contributed by atoms with Crippen LogP contribution in [-0.4, -0.2) is 147 Å². The smallest absolute Gasteiger partial charge is 0.274 e. The molecule has 29 heteroatoms. The summed E-state index contributed by atoms with van der Waals surface area (Å²) in [5.41, 5.74) is 13.0. The molecule has 9 atom stereocenters. The van der Waals surface area contributed by atoms with E-state index in [9.17, 15) is 37.1 Å². The fourth-order valence-corrected chi connectivity index (χ4v) is 15.0. The fourth-order valence-electron chi connectivity index (χ4n) is 15.0. The van der Waals surface area contributed by atoms with Gasteiger partial charge < -0.3 is 31.0 Å². The number of nitrogens with two attached hydrogens (primary N) is 2. The van der Waals surface area contributed by atoms with Crippen molar-refractivity contribution >= 4 is 71.5 Å². The molecule has 26 nitrogen and oxygen atoms in total. The Labute approximate surface area is 526 Å². The maximum Gasteiger partial charge on any atom is 0.274 e. The minimum absolute atomic E-state index is 0.0105. The van der Waals surface area contributed by atoms with Gasteiger partial charge in [0.1, 0.15) is 58.9 Å². The monoisotopic (exact) mass is 1250 g/mol. The Morgan fingerprint density at radius 2 is 0.728 bits per heavy atom. The number of rotatable bonds is 11. The van der Waals surface area contributed by atoms with Crippen molar-refractivity contribution in [3.63, 3.8) is 0 Å². The lowest BCUT2D eigenvalue weighted by molar-refractivity contribution is -0.138. The standard InChI is InChI=1S/2C21H22FN7O2.C21H20FN7O/c2*22-16-5-13(7-24-8-16)18-1-2-27-29(18)21(31)12-3-14-9-28(10-15(14)4-12)19-6-17(20(23)30)25-11-26-19;1-23-19-7-20(26-12-25-19)28-10-15-4-13(5-16(15)11-28)21(30)29-18(2-3-27-29)14-6-17(22)9-24-8-14/h2*2,5-8,11-12,14-15,18H,1,3-4,9-10H2,(H2,23,30);3,6-9,12-13,15-16,18H,2,4-5,10-11H2. The summed E-state index contributed by atoms with van der Waals surface area (Å²) in [7, 11) is 0. The molecule has 6 aliphatic heterocycles. The number of hydrazone groups is 3. The highest BCUT2D eigenvalue weighted by Crippen LogP contribution is 2.48. The molecule has 0 aromatic carbocycles. The summed E-state index contributed by atoms with van der Waals surface area (Å²) >= 11 is 0. The molecule has 5 amide bonds. The lowest BCUT2D eigenvalue weighted by Crippen LogP contribution is -2.33. The Morgan fingerprint density at radius 1 is 0.424 bits per heavy atom. The van der Waals surface area contributed by atoms with E-state index >= 15 is 0 Å². The maximum absolute atomic E-state index is 13.6. The van der Waals surface area contributed by atoms with Crippen LogP contribution in [0.2, 0.25) is 0 Å². The van der Waals surface area contributed by atoms with Gasteiger partial charge in [0.15, 0.2) is 0 Å². The van der Waals surface area contributed by atoms with Crippen LogP contribution in [0, 0.1) is 77.3 Å². The van der Waals surface area contributed by atoms with Crippen molar-refractivity contribution in [3.8, 4) is 0 Å². The molecule has 472 valence electrons. The summed E-state index contributed by atoms with van der Waals surface area (Å²) in [4.78, 5) is 109. The summed E-state index contributed by atoms with van der Waals surface area (Å²) in [6.07, 6.45) is 23.9. The molecule has 6 aromatic heterocycles. The number of primary amides is 2. The van der Waals surface area contributed by atoms with E-state index in [0.29, 0.717) is 88.9 Å². The number of fused-ring (bicyclic) bond motifs is 3. The third-order valence-corrected chi connectivity index (χ3v) is 19.3. The van der Waals surface area contributed by atoms with Crippen LogP contribution in [0.5, 0.6) is 0 Å². The van der Waals surface area contributed by atoms with Gasteiger partial charge in [0.05, 0.1) is 36.7 Å². The van der Waals surface area contributed by atoms with E-state index in [-0.39, 0.29) is 65.0 Å². The summed E-state index contributed by atoms with van der Waals surface area (Å²) < 4.78 is 40.8. The molecular weight excluding hydrogens is 1190 g/mol. The molecule has 0 radical (unpaired) electrons. The molecule has 9 aliphatic rings. The number of carbonyl (C=O) groups is 5. The summed E-state index contributed by atoms with van der Waals surface area (Å²) in [6, 6.07) is 8.30. The van der Waals surface area contributed by atoms with E-state index in [1.54, 1.807) is 55.4 Å². The lowest BCUT2D eigenvalue weighted by atomic mass is 10.0. The molecule has 6 fully saturated rings. The number of halogens is 3. The molecule has 3 saturated heterocycles. The van der Waals surface area contributed by atoms with Crippen molar-refractivity contribution in [2.45, 2.75) is 75.9 Å². The van der Waals surface area contributed by atoms with Gasteiger partial charge in [0.2, 0.25) is 24.0 Å². The topological polar surface area (TPSA) is 314 Å². The number of nitrogens with zero attached hydrogens (tertiary/aromatic N) is 19.